The quantitative estimate of drug-likeness (QED) is 0.489. The zero-order chi connectivity index (χ0) is 23.7. The third-order valence-corrected chi connectivity index (χ3v) is 5.88. The fraction of sp³-hybridized carbons (Fsp3) is 0.478. The van der Waals surface area contributed by atoms with Crippen LogP contribution in [0, 0.1) is 0 Å². The molecule has 2 aromatic rings. The predicted molar refractivity (Wildman–Crippen MR) is 126 cm³/mol. The summed E-state index contributed by atoms with van der Waals surface area (Å²) in [4.78, 5) is 26.4. The van der Waals surface area contributed by atoms with E-state index in [4.69, 9.17) is 9.47 Å². The minimum atomic E-state index is -3.56. The van der Waals surface area contributed by atoms with E-state index in [-0.39, 0.29) is 12.0 Å². The number of rotatable bonds is 11. The molecule has 0 bridgehead atoms. The van der Waals surface area contributed by atoms with E-state index in [2.05, 4.69) is 4.90 Å². The highest BCUT2D eigenvalue weighted by molar-refractivity contribution is 7.89. The molecular formula is C23H31N3O6S. The number of aryl methyl sites for hydroxylation is 1. The number of hydrogen-bond acceptors (Lipinski definition) is 7. The molecule has 0 aliphatic carbocycles. The van der Waals surface area contributed by atoms with Gasteiger partial charge in [-0.05, 0) is 42.2 Å². The first-order valence-corrected chi connectivity index (χ1v) is 12.9. The molecule has 1 aliphatic heterocycles. The van der Waals surface area contributed by atoms with Gasteiger partial charge in [0.1, 0.15) is 5.75 Å². The highest BCUT2D eigenvalue weighted by Crippen LogP contribution is 2.21. The third kappa shape index (κ3) is 8.64. The van der Waals surface area contributed by atoms with Gasteiger partial charge < -0.3 is 14.0 Å². The second-order valence-electron chi connectivity index (χ2n) is 8.03. The van der Waals surface area contributed by atoms with Gasteiger partial charge in [-0.2, -0.15) is 0 Å². The van der Waals surface area contributed by atoms with Crippen LogP contribution in [0.2, 0.25) is 0 Å². The summed E-state index contributed by atoms with van der Waals surface area (Å²) in [5, 5.41) is 0. The third-order valence-electron chi connectivity index (χ3n) is 5.28. The van der Waals surface area contributed by atoms with Crippen molar-refractivity contribution in [3.05, 3.63) is 52.9 Å². The zero-order valence-corrected chi connectivity index (χ0v) is 19.7. The summed E-state index contributed by atoms with van der Waals surface area (Å²) < 4.78 is 36.7. The van der Waals surface area contributed by atoms with Crippen molar-refractivity contribution in [1.82, 2.24) is 14.2 Å². The van der Waals surface area contributed by atoms with E-state index in [1.165, 1.54) is 4.57 Å². The van der Waals surface area contributed by atoms with E-state index in [1.54, 1.807) is 12.3 Å². The molecule has 1 aliphatic rings. The van der Waals surface area contributed by atoms with Crippen LogP contribution in [-0.4, -0.2) is 69.5 Å². The van der Waals surface area contributed by atoms with Crippen molar-refractivity contribution >= 4 is 15.9 Å². The molecule has 1 aromatic heterocycles. The van der Waals surface area contributed by atoms with E-state index in [0.717, 1.165) is 62.4 Å². The number of pyridine rings is 1. The Morgan fingerprint density at radius 2 is 1.79 bits per heavy atom. The van der Waals surface area contributed by atoms with E-state index in [1.807, 2.05) is 35.1 Å². The smallest absolute Gasteiger partial charge is 0.251 e. The zero-order valence-electron chi connectivity index (χ0n) is 18.9. The van der Waals surface area contributed by atoms with E-state index < -0.39 is 15.9 Å². The molecule has 9 nitrogen and oxygen atoms in total. The number of ether oxygens (including phenoxy) is 2. The Morgan fingerprint density at radius 1 is 1.06 bits per heavy atom. The first-order valence-electron chi connectivity index (χ1n) is 11.0. The first-order chi connectivity index (χ1) is 15.8. The lowest BCUT2D eigenvalue weighted by atomic mass is 10.1. The molecule has 0 saturated carbocycles. The van der Waals surface area contributed by atoms with Crippen LogP contribution >= 0.6 is 0 Å². The predicted octanol–water partition coefficient (Wildman–Crippen LogP) is 1.47. The number of amides is 1. The molecule has 1 saturated heterocycles. The van der Waals surface area contributed by atoms with Crippen LogP contribution in [0.25, 0.3) is 11.1 Å². The maximum Gasteiger partial charge on any atom is 0.251 e. The van der Waals surface area contributed by atoms with Gasteiger partial charge in [-0.15, -0.1) is 0 Å². The number of morpholine rings is 1. The van der Waals surface area contributed by atoms with Gasteiger partial charge in [0.15, 0.2) is 0 Å². The number of hydrogen-bond donors (Lipinski definition) is 1. The molecule has 10 heteroatoms. The molecule has 0 unspecified atom stereocenters. The first kappa shape index (κ1) is 24.9. The summed E-state index contributed by atoms with van der Waals surface area (Å²) in [6.07, 6.45) is 3.95. The molecular weight excluding hydrogens is 446 g/mol. The topological polar surface area (TPSA) is 107 Å². The number of nitrogens with one attached hydrogen (secondary N) is 1. The van der Waals surface area contributed by atoms with Gasteiger partial charge in [-0.1, -0.05) is 12.1 Å². The van der Waals surface area contributed by atoms with Gasteiger partial charge in [-0.3, -0.25) is 19.2 Å². The van der Waals surface area contributed by atoms with Crippen LogP contribution in [-0.2, 0) is 26.1 Å². The summed E-state index contributed by atoms with van der Waals surface area (Å²) in [6.45, 7) is 5.53. The Hall–Kier alpha value is -2.69. The molecule has 3 rings (SSSR count). The van der Waals surface area contributed by atoms with Crippen LogP contribution in [0.3, 0.4) is 0 Å². The number of carbonyl (C=O) groups is 1. The van der Waals surface area contributed by atoms with E-state index in [0.29, 0.717) is 19.6 Å². The second-order valence-corrected chi connectivity index (χ2v) is 9.78. The molecule has 1 fully saturated rings. The number of benzene rings is 1. The van der Waals surface area contributed by atoms with Crippen molar-refractivity contribution < 1.29 is 22.7 Å². The van der Waals surface area contributed by atoms with Crippen LogP contribution in [0.5, 0.6) is 5.75 Å². The maximum atomic E-state index is 12.4. The average Bonchev–Trinajstić information content (AvgIpc) is 2.78. The summed E-state index contributed by atoms with van der Waals surface area (Å²) in [6, 6.07) is 11.0. The lowest BCUT2D eigenvalue weighted by Crippen LogP contribution is -2.37. The summed E-state index contributed by atoms with van der Waals surface area (Å²) in [7, 11) is -3.56. The molecule has 1 aromatic carbocycles. The number of sulfonamides is 1. The van der Waals surface area contributed by atoms with Crippen molar-refractivity contribution in [2.24, 2.45) is 0 Å². The molecule has 1 amide bonds. The van der Waals surface area contributed by atoms with Gasteiger partial charge in [0.2, 0.25) is 15.9 Å². The van der Waals surface area contributed by atoms with Gasteiger partial charge in [0, 0.05) is 44.9 Å². The second kappa shape index (κ2) is 12.0. The summed E-state index contributed by atoms with van der Waals surface area (Å²) >= 11 is 0. The number of aromatic nitrogens is 1. The molecule has 0 atom stereocenters. The Kier molecular flexibility index (Phi) is 9.04. The molecule has 2 heterocycles. The van der Waals surface area contributed by atoms with Crippen molar-refractivity contribution in [3.63, 3.8) is 0 Å². The minimum absolute atomic E-state index is 0.0230. The van der Waals surface area contributed by atoms with E-state index >= 15 is 0 Å². The van der Waals surface area contributed by atoms with Crippen molar-refractivity contribution in [2.45, 2.75) is 25.8 Å². The monoisotopic (exact) mass is 477 g/mol. The maximum absolute atomic E-state index is 12.4. The summed E-state index contributed by atoms with van der Waals surface area (Å²) in [5.41, 5.74) is 1.52. The van der Waals surface area contributed by atoms with Crippen molar-refractivity contribution in [3.8, 4) is 16.9 Å². The minimum Gasteiger partial charge on any atom is -0.494 e. The Bertz CT molecular complexity index is 1080. The summed E-state index contributed by atoms with van der Waals surface area (Å²) in [5.74, 6) is 0.215. The molecule has 0 spiro atoms. The molecule has 0 radical (unpaired) electrons. The molecule has 1 N–H and O–H groups in total. The van der Waals surface area contributed by atoms with Gasteiger partial charge in [-0.25, -0.2) is 8.42 Å². The fourth-order valence-electron chi connectivity index (χ4n) is 3.59. The van der Waals surface area contributed by atoms with Crippen molar-refractivity contribution in [1.29, 1.82) is 0 Å². The lowest BCUT2D eigenvalue weighted by molar-refractivity contribution is -0.119. The normalized spacial score (nSPS) is 14.7. The van der Waals surface area contributed by atoms with Crippen LogP contribution in [0.4, 0.5) is 0 Å². The highest BCUT2D eigenvalue weighted by Gasteiger charge is 2.10. The fourth-order valence-corrected chi connectivity index (χ4v) is 4.10. The Morgan fingerprint density at radius 3 is 2.45 bits per heavy atom. The Balaban J connectivity index is 1.45. The van der Waals surface area contributed by atoms with E-state index in [9.17, 15) is 18.0 Å². The molecule has 180 valence electrons. The van der Waals surface area contributed by atoms with Crippen molar-refractivity contribution in [2.75, 3.05) is 45.7 Å². The molecule has 33 heavy (non-hydrogen) atoms. The standard InChI is InChI=1S/C23H31N3O6S/c1-33(29,30)24-22(27)4-2-11-26-12-9-20(18-23(26)28)19-5-7-21(8-6-19)32-15-3-10-25-13-16-31-17-14-25/h5-9,12,18H,2-4,10-11,13-17H2,1H3,(H,24,27). The highest BCUT2D eigenvalue weighted by atomic mass is 32.2. The van der Waals surface area contributed by atoms with Crippen LogP contribution in [0.15, 0.2) is 47.4 Å². The van der Waals surface area contributed by atoms with Gasteiger partial charge >= 0.3 is 0 Å². The van der Waals surface area contributed by atoms with Crippen LogP contribution < -0.4 is 15.0 Å². The number of nitrogens with zero attached hydrogens (tertiary/aromatic N) is 2. The largest absolute Gasteiger partial charge is 0.494 e. The van der Waals surface area contributed by atoms with Crippen LogP contribution in [0.1, 0.15) is 19.3 Å². The lowest BCUT2D eigenvalue weighted by Gasteiger charge is -2.26. The Labute approximate surface area is 194 Å². The average molecular weight is 478 g/mol. The van der Waals surface area contributed by atoms with Gasteiger partial charge in [0.05, 0.1) is 26.1 Å². The SMILES string of the molecule is CS(=O)(=O)NC(=O)CCCn1ccc(-c2ccc(OCCCN3CCOCC3)cc2)cc1=O. The van der Waals surface area contributed by atoms with Gasteiger partial charge in [0.25, 0.3) is 5.56 Å². The number of carbonyl (C=O) groups excluding carboxylic acids is 1.